The number of aliphatic hydroxyl groups is 1. The molecule has 0 aliphatic carbocycles. The Kier molecular flexibility index (Phi) is 21.7. The van der Waals surface area contributed by atoms with E-state index in [4.69, 9.17) is 26.8 Å². The van der Waals surface area contributed by atoms with Gasteiger partial charge in [-0.05, 0) is 117 Å². The number of hydrogen-bond donors (Lipinski definition) is 6. The van der Waals surface area contributed by atoms with Crippen molar-refractivity contribution in [3.8, 4) is 16.2 Å². The van der Waals surface area contributed by atoms with Crippen LogP contribution in [-0.4, -0.2) is 161 Å². The van der Waals surface area contributed by atoms with Gasteiger partial charge in [0.1, 0.15) is 36.5 Å². The number of fused-ring (bicyclic) bond motifs is 2. The van der Waals surface area contributed by atoms with E-state index in [-0.39, 0.29) is 80.4 Å². The molecule has 8 atom stereocenters. The van der Waals surface area contributed by atoms with Gasteiger partial charge in [0.25, 0.3) is 5.91 Å². The second-order valence-corrected chi connectivity index (χ2v) is 30.0. The molecule has 5 aromatic rings. The van der Waals surface area contributed by atoms with Crippen molar-refractivity contribution in [2.75, 3.05) is 46.7 Å². The standard InChI is InChI=1S/C62H77ClF2N9O12PS2/c1-34(36-15-17-38(18-16-36)53-35(2)67-33-88-53)68-56(79)46-29-43(75)30-73(46)59(82)54(61(3,4)5)71-51(77)14-10-12-37-11-9-13-47(52(37)63)86-32-41(20-24-50(66)76)69-55(78)45-22-21-42-25-26-72(60(83)85-6)31-44(58(81)74(42)45)70-57(80)49-28-39-27-40(19-23-48(39)89-49)62(64,65)87(7,8)84/h9,11,13,15-19,23,27-28,33-34,41-46,54,75H,10,12,14,20-22,24-26,29-32H2,1-8H3,(H2,66,76)(H,68,79)(H,69,78)(H,70,80)(H,71,77)/t34-,41-,42+,43+,44-,45-,46-,54+/m0/s1. The number of aromatic nitrogens is 1. The Bertz CT molecular complexity index is 3520. The minimum Gasteiger partial charge on any atom is -0.490 e. The Balaban J connectivity index is 0.878. The van der Waals surface area contributed by atoms with Gasteiger partial charge >= 0.3 is 11.8 Å². The average Bonchev–Trinajstić information content (AvgIpc) is 2.10. The molecule has 3 aliphatic rings. The number of aryl methyl sites for hydroxylation is 2. The summed E-state index contributed by atoms with van der Waals surface area (Å²) in [6.45, 7) is 10.7. The van der Waals surface area contributed by atoms with Gasteiger partial charge < -0.3 is 60.8 Å². The number of ether oxygens (including phenoxy) is 2. The first kappa shape index (κ1) is 67.9. The molecular formula is C62H77ClF2N9O12PS2. The second kappa shape index (κ2) is 28.4. The predicted molar refractivity (Wildman–Crippen MR) is 335 cm³/mol. The van der Waals surface area contributed by atoms with Gasteiger partial charge in [0.05, 0.1) is 57.8 Å². The summed E-state index contributed by atoms with van der Waals surface area (Å²) in [7, 11) is -2.72. The highest BCUT2D eigenvalue weighted by molar-refractivity contribution is 7.63. The van der Waals surface area contributed by atoms with Crippen LogP contribution in [0.15, 0.2) is 72.2 Å². The molecule has 3 aromatic carbocycles. The van der Waals surface area contributed by atoms with E-state index in [1.54, 1.807) is 55.8 Å². The number of nitrogens with two attached hydrogens (primary N) is 1. The molecule has 0 saturated carbocycles. The van der Waals surface area contributed by atoms with Crippen LogP contribution in [0, 0.1) is 12.3 Å². The van der Waals surface area contributed by atoms with Crippen molar-refractivity contribution < 1.29 is 66.3 Å². The summed E-state index contributed by atoms with van der Waals surface area (Å²) in [6, 6.07) is 11.8. The number of β-amino-alcohol motifs (C(OH)–C–C–N with tert-alkyl or cyclic N) is 1. The Hall–Kier alpha value is -7.05. The molecule has 3 fully saturated rings. The summed E-state index contributed by atoms with van der Waals surface area (Å²) < 4.78 is 54.4. The minimum absolute atomic E-state index is 0.00476. The number of nitrogens with one attached hydrogen (secondary N) is 4. The molecule has 0 radical (unpaired) electrons. The number of amides is 8. The summed E-state index contributed by atoms with van der Waals surface area (Å²) in [5.41, 5.74) is 5.89. The van der Waals surface area contributed by atoms with Gasteiger partial charge in [-0.1, -0.05) is 74.8 Å². The number of rotatable bonds is 22. The molecule has 3 aliphatic heterocycles. The number of benzene rings is 3. The number of likely N-dealkylation sites (tertiary alicyclic amines) is 1. The maximum absolute atomic E-state index is 15.1. The van der Waals surface area contributed by atoms with E-state index >= 15 is 8.78 Å². The van der Waals surface area contributed by atoms with Crippen LogP contribution in [-0.2, 0) is 50.2 Å². The molecule has 27 heteroatoms. The van der Waals surface area contributed by atoms with Gasteiger partial charge in [-0.15, -0.1) is 22.7 Å². The molecule has 2 aromatic heterocycles. The van der Waals surface area contributed by atoms with E-state index in [0.717, 1.165) is 52.4 Å². The lowest BCUT2D eigenvalue weighted by atomic mass is 9.85. The number of halogens is 3. The number of methoxy groups -OCH3 is 1. The molecule has 8 amide bonds. The van der Waals surface area contributed by atoms with Crippen LogP contribution in [0.25, 0.3) is 20.5 Å². The van der Waals surface area contributed by atoms with Gasteiger partial charge in [-0.2, -0.15) is 8.78 Å². The highest BCUT2D eigenvalue weighted by Crippen LogP contribution is 2.60. The maximum Gasteiger partial charge on any atom is 0.409 e. The monoisotopic (exact) mass is 1310 g/mol. The molecular weight excluding hydrogens is 1230 g/mol. The molecule has 8 rings (SSSR count). The number of thiazole rings is 1. The molecule has 0 bridgehead atoms. The lowest BCUT2D eigenvalue weighted by Crippen LogP contribution is -2.61. The van der Waals surface area contributed by atoms with E-state index in [1.807, 2.05) is 38.1 Å². The lowest BCUT2D eigenvalue weighted by molar-refractivity contribution is -0.144. The molecule has 0 spiro atoms. The molecule has 3 saturated heterocycles. The van der Waals surface area contributed by atoms with Gasteiger partial charge in [-0.3, -0.25) is 33.6 Å². The first-order chi connectivity index (χ1) is 41.9. The molecule has 480 valence electrons. The van der Waals surface area contributed by atoms with E-state index in [1.165, 1.54) is 40.0 Å². The highest BCUT2D eigenvalue weighted by Gasteiger charge is 2.48. The van der Waals surface area contributed by atoms with Gasteiger partial charge in [-0.25, -0.2) is 9.78 Å². The number of thiophene rings is 1. The Labute approximate surface area is 528 Å². The number of primary amides is 1. The number of alkyl halides is 2. The highest BCUT2D eigenvalue weighted by atomic mass is 35.5. The third kappa shape index (κ3) is 16.1. The van der Waals surface area contributed by atoms with Gasteiger partial charge in [0.15, 0.2) is 7.14 Å². The van der Waals surface area contributed by atoms with Gasteiger partial charge in [0.2, 0.25) is 35.4 Å². The summed E-state index contributed by atoms with van der Waals surface area (Å²) in [5, 5.41) is 22.9. The second-order valence-electron chi connectivity index (χ2n) is 24.5. The zero-order chi connectivity index (χ0) is 64.9. The van der Waals surface area contributed by atoms with Crippen molar-refractivity contribution >= 4 is 98.9 Å². The average molecular weight is 1310 g/mol. The van der Waals surface area contributed by atoms with Crippen LogP contribution in [0.2, 0.25) is 5.02 Å². The van der Waals surface area contributed by atoms with Crippen molar-refractivity contribution in [1.82, 2.24) is 41.0 Å². The van der Waals surface area contributed by atoms with Crippen LogP contribution < -0.4 is 31.7 Å². The fraction of sp³-hybridized carbons (Fsp3) is 0.500. The Morgan fingerprint density at radius 2 is 1.65 bits per heavy atom. The van der Waals surface area contributed by atoms with Crippen molar-refractivity contribution in [3.63, 3.8) is 0 Å². The normalized spacial score (nSPS) is 20.0. The lowest BCUT2D eigenvalue weighted by Gasteiger charge is -2.38. The molecule has 0 unspecified atom stereocenters. The Morgan fingerprint density at radius 1 is 0.933 bits per heavy atom. The number of carbonyl (C=O) groups excluding carboxylic acids is 8. The smallest absolute Gasteiger partial charge is 0.409 e. The van der Waals surface area contributed by atoms with Crippen molar-refractivity contribution in [1.29, 1.82) is 0 Å². The zero-order valence-electron chi connectivity index (χ0n) is 50.9. The van der Waals surface area contributed by atoms with Gasteiger partial charge in [0, 0.05) is 48.7 Å². The third-order valence-electron chi connectivity index (χ3n) is 16.5. The summed E-state index contributed by atoms with van der Waals surface area (Å²) in [5.74, 6) is -3.70. The molecule has 21 nitrogen and oxygen atoms in total. The van der Waals surface area contributed by atoms with Crippen molar-refractivity contribution in [2.24, 2.45) is 11.1 Å². The SMILES string of the molecule is COC(=O)N1CC[C@H]2CC[C@@H](C(=O)N[C@@H](CCC(N)=O)COc3cccc(CCCC(=O)N[C@H](C(=O)N4C[C@H](O)C[C@H]4C(=O)N[C@@H](C)c4ccc(-c5scnc5C)cc4)C(C)(C)C)c3Cl)N2C(=O)[C@@H](NC(=O)c2cc3cc(C(F)(F)P(C)(C)=O)ccc3s2)C1. The predicted octanol–water partition coefficient (Wildman–Crippen LogP) is 8.11. The quantitative estimate of drug-likeness (QED) is 0.0358. The van der Waals surface area contributed by atoms with Crippen LogP contribution in [0.4, 0.5) is 13.6 Å². The maximum atomic E-state index is 15.1. The molecule has 7 N–H and O–H groups in total. The van der Waals surface area contributed by atoms with E-state index < -0.39 is 120 Å². The number of carbonyl (C=O) groups is 8. The van der Waals surface area contributed by atoms with Crippen LogP contribution in [0.1, 0.15) is 117 Å². The third-order valence-corrected chi connectivity index (χ3v) is 20.6. The van der Waals surface area contributed by atoms with Crippen LogP contribution >= 0.6 is 41.4 Å². The summed E-state index contributed by atoms with van der Waals surface area (Å²) >= 11 is 9.45. The zero-order valence-corrected chi connectivity index (χ0v) is 54.2. The number of aliphatic hydroxyl groups excluding tert-OH is 1. The van der Waals surface area contributed by atoms with E-state index in [2.05, 4.69) is 26.3 Å². The fourth-order valence-corrected chi connectivity index (χ4v) is 14.3. The van der Waals surface area contributed by atoms with E-state index in [0.29, 0.717) is 34.9 Å². The fourth-order valence-electron chi connectivity index (χ4n) is 11.5. The topological polar surface area (TPSA) is 289 Å². The first-order valence-corrected chi connectivity index (χ1v) is 34.1. The molecule has 89 heavy (non-hydrogen) atoms. The minimum atomic E-state index is -3.90. The van der Waals surface area contributed by atoms with Crippen molar-refractivity contribution in [2.45, 2.75) is 146 Å². The van der Waals surface area contributed by atoms with Crippen LogP contribution in [0.3, 0.4) is 0 Å². The molecule has 5 heterocycles. The first-order valence-electron chi connectivity index (χ1n) is 29.5. The number of hydrogen-bond acceptors (Lipinski definition) is 15. The van der Waals surface area contributed by atoms with Crippen LogP contribution in [0.5, 0.6) is 5.75 Å². The number of nitrogens with zero attached hydrogens (tertiary/aromatic N) is 4. The summed E-state index contributed by atoms with van der Waals surface area (Å²) in [6.07, 6.45) is -0.296. The Morgan fingerprint density at radius 3 is 2.31 bits per heavy atom. The largest absolute Gasteiger partial charge is 0.490 e. The van der Waals surface area contributed by atoms with Crippen molar-refractivity contribution in [3.05, 3.63) is 105 Å². The van der Waals surface area contributed by atoms with E-state index in [9.17, 15) is 48.0 Å². The summed E-state index contributed by atoms with van der Waals surface area (Å²) in [4.78, 5) is 120.